The highest BCUT2D eigenvalue weighted by atomic mass is 35.5. The molecule has 2 aromatic carbocycles. The van der Waals surface area contributed by atoms with E-state index < -0.39 is 22.7 Å². The number of aromatic nitrogens is 4. The van der Waals surface area contributed by atoms with Crippen LogP contribution in [0.3, 0.4) is 0 Å². The molecule has 2 N–H and O–H groups in total. The van der Waals surface area contributed by atoms with Gasteiger partial charge >= 0.3 is 0 Å². The minimum absolute atomic E-state index is 0.131. The van der Waals surface area contributed by atoms with E-state index in [4.69, 9.17) is 28.2 Å². The van der Waals surface area contributed by atoms with Gasteiger partial charge in [0.2, 0.25) is 0 Å². The van der Waals surface area contributed by atoms with Gasteiger partial charge in [0, 0.05) is 45.1 Å². The molecule has 0 aliphatic carbocycles. The number of aromatic amines is 1. The summed E-state index contributed by atoms with van der Waals surface area (Å²) >= 11 is 11.5. The number of hydrogen-bond donors (Lipinski definition) is 2. The quantitative estimate of drug-likeness (QED) is 0.397. The Hall–Kier alpha value is -2.16. The van der Waals surface area contributed by atoms with Gasteiger partial charge < -0.3 is 9.66 Å². The second-order valence-electron chi connectivity index (χ2n) is 7.41. The van der Waals surface area contributed by atoms with Crippen molar-refractivity contribution in [3.63, 3.8) is 0 Å². The number of fused-ring (bicyclic) bond motifs is 1. The fraction of sp³-hybridized carbons (Fsp3) is 0.227. The standard InChI is InChI=1S/C22H20Cl2N4O2S/c1-13(19-7-3-14-9-16(31(2)30)5-8-20(14)27-19)22(29,11-21-25-12-26-28-21)17-6-4-15(23)10-18(17)24/h3-10,12-13,29H,11H2,1-2H3,(H,25,26,28). The van der Waals surface area contributed by atoms with Gasteiger partial charge in [-0.3, -0.25) is 10.1 Å². The highest BCUT2D eigenvalue weighted by Gasteiger charge is 2.40. The van der Waals surface area contributed by atoms with E-state index in [0.29, 0.717) is 27.1 Å². The lowest BCUT2D eigenvalue weighted by molar-refractivity contribution is 0.00980. The number of benzene rings is 2. The topological polar surface area (TPSA) is 97.8 Å². The Morgan fingerprint density at radius 3 is 2.65 bits per heavy atom. The largest absolute Gasteiger partial charge is 0.612 e. The van der Waals surface area contributed by atoms with Crippen LogP contribution in [0, 0.1) is 0 Å². The summed E-state index contributed by atoms with van der Waals surface area (Å²) < 4.78 is 11.8. The second-order valence-corrected chi connectivity index (χ2v) is 9.63. The third kappa shape index (κ3) is 4.42. The normalized spacial score (nSPS) is 15.5. The van der Waals surface area contributed by atoms with Crippen LogP contribution in [0.4, 0.5) is 0 Å². The van der Waals surface area contributed by atoms with Crippen molar-refractivity contribution < 1.29 is 9.66 Å². The predicted octanol–water partition coefficient (Wildman–Crippen LogP) is 4.63. The van der Waals surface area contributed by atoms with Crippen LogP contribution in [0.15, 0.2) is 59.8 Å². The summed E-state index contributed by atoms with van der Waals surface area (Å²) in [6.07, 6.45) is 3.24. The zero-order chi connectivity index (χ0) is 22.2. The summed E-state index contributed by atoms with van der Waals surface area (Å²) in [5, 5.41) is 20.4. The van der Waals surface area contributed by atoms with Gasteiger partial charge in [0.15, 0.2) is 10.7 Å². The van der Waals surface area contributed by atoms with Crippen LogP contribution in [-0.4, -0.2) is 36.1 Å². The average Bonchev–Trinajstić information content (AvgIpc) is 3.25. The highest BCUT2D eigenvalue weighted by Crippen LogP contribution is 2.42. The van der Waals surface area contributed by atoms with Crippen LogP contribution in [0.5, 0.6) is 0 Å². The van der Waals surface area contributed by atoms with E-state index in [-0.39, 0.29) is 6.42 Å². The Kier molecular flexibility index (Phi) is 6.23. The lowest BCUT2D eigenvalue weighted by atomic mass is 9.77. The molecular formula is C22H20Cl2N4O2S. The molecule has 3 unspecified atom stereocenters. The summed E-state index contributed by atoms with van der Waals surface area (Å²) in [4.78, 5) is 9.69. The number of halogens is 2. The molecule has 4 aromatic rings. The fourth-order valence-electron chi connectivity index (χ4n) is 3.67. The van der Waals surface area contributed by atoms with Gasteiger partial charge in [-0.15, -0.1) is 0 Å². The number of pyridine rings is 1. The predicted molar refractivity (Wildman–Crippen MR) is 123 cm³/mol. The van der Waals surface area contributed by atoms with Gasteiger partial charge in [-0.1, -0.05) is 42.3 Å². The molecule has 160 valence electrons. The molecule has 0 radical (unpaired) electrons. The first-order chi connectivity index (χ1) is 14.8. The van der Waals surface area contributed by atoms with Crippen LogP contribution in [0.25, 0.3) is 10.9 Å². The summed E-state index contributed by atoms with van der Waals surface area (Å²) in [6.45, 7) is 1.89. The highest BCUT2D eigenvalue weighted by molar-refractivity contribution is 7.90. The second kappa shape index (κ2) is 8.76. The molecule has 31 heavy (non-hydrogen) atoms. The van der Waals surface area contributed by atoms with Crippen molar-refractivity contribution in [3.05, 3.63) is 82.0 Å². The summed E-state index contributed by atoms with van der Waals surface area (Å²) in [5.41, 5.74) is 0.521. The van der Waals surface area contributed by atoms with E-state index in [2.05, 4.69) is 15.2 Å². The molecule has 0 aliphatic rings. The van der Waals surface area contributed by atoms with Gasteiger partial charge in [-0.25, -0.2) is 4.98 Å². The van der Waals surface area contributed by atoms with E-state index in [1.807, 2.05) is 31.2 Å². The Morgan fingerprint density at radius 1 is 1.16 bits per heavy atom. The van der Waals surface area contributed by atoms with E-state index in [1.54, 1.807) is 30.5 Å². The Bertz CT molecular complexity index is 1220. The number of H-pyrrole nitrogens is 1. The number of nitrogens with one attached hydrogen (secondary N) is 1. The van der Waals surface area contributed by atoms with Crippen LogP contribution in [0.2, 0.25) is 10.0 Å². The van der Waals surface area contributed by atoms with Gasteiger partial charge in [0.1, 0.15) is 18.2 Å². The summed E-state index contributed by atoms with van der Waals surface area (Å²) in [7, 11) is 0. The fourth-order valence-corrected chi connectivity index (χ4v) is 4.79. The van der Waals surface area contributed by atoms with E-state index in [0.717, 1.165) is 15.8 Å². The first-order valence-corrected chi connectivity index (χ1v) is 11.9. The molecule has 0 bridgehead atoms. The van der Waals surface area contributed by atoms with Gasteiger partial charge in [-0.2, -0.15) is 5.10 Å². The smallest absolute Gasteiger partial charge is 0.153 e. The van der Waals surface area contributed by atoms with Crippen molar-refractivity contribution in [2.75, 3.05) is 6.26 Å². The first kappa shape index (κ1) is 22.0. The van der Waals surface area contributed by atoms with Crippen molar-refractivity contribution in [2.45, 2.75) is 29.8 Å². The Labute approximate surface area is 192 Å². The molecule has 0 aliphatic heterocycles. The minimum Gasteiger partial charge on any atom is -0.612 e. The molecule has 9 heteroatoms. The summed E-state index contributed by atoms with van der Waals surface area (Å²) in [6, 6.07) is 14.3. The van der Waals surface area contributed by atoms with Crippen molar-refractivity contribution in [1.29, 1.82) is 0 Å². The molecule has 3 atom stereocenters. The maximum absolute atomic E-state index is 11.9. The van der Waals surface area contributed by atoms with Gasteiger partial charge in [0.05, 0.1) is 5.52 Å². The van der Waals surface area contributed by atoms with Crippen molar-refractivity contribution in [2.24, 2.45) is 0 Å². The Morgan fingerprint density at radius 2 is 1.97 bits per heavy atom. The molecular weight excluding hydrogens is 455 g/mol. The molecule has 4 rings (SSSR count). The third-order valence-corrected chi connectivity index (χ3v) is 6.93. The van der Waals surface area contributed by atoms with Crippen molar-refractivity contribution in [3.8, 4) is 0 Å². The van der Waals surface area contributed by atoms with Gasteiger partial charge in [0.25, 0.3) is 0 Å². The van der Waals surface area contributed by atoms with Gasteiger partial charge in [-0.05, 0) is 41.5 Å². The number of nitrogens with zero attached hydrogens (tertiary/aromatic N) is 3. The van der Waals surface area contributed by atoms with E-state index in [1.165, 1.54) is 6.33 Å². The maximum atomic E-state index is 11.9. The molecule has 0 fully saturated rings. The van der Waals surface area contributed by atoms with Crippen LogP contribution in [-0.2, 0) is 23.2 Å². The molecule has 2 aromatic heterocycles. The lowest BCUT2D eigenvalue weighted by Gasteiger charge is -2.34. The first-order valence-electron chi connectivity index (χ1n) is 9.54. The van der Waals surface area contributed by atoms with E-state index in [9.17, 15) is 9.66 Å². The molecule has 0 amide bonds. The van der Waals surface area contributed by atoms with Crippen LogP contribution in [0.1, 0.15) is 29.9 Å². The molecule has 0 saturated heterocycles. The van der Waals surface area contributed by atoms with Crippen molar-refractivity contribution >= 4 is 45.3 Å². The average molecular weight is 475 g/mol. The van der Waals surface area contributed by atoms with Crippen LogP contribution < -0.4 is 0 Å². The molecule has 6 nitrogen and oxygen atoms in total. The number of hydrogen-bond acceptors (Lipinski definition) is 5. The molecule has 0 saturated carbocycles. The van der Waals surface area contributed by atoms with E-state index >= 15 is 0 Å². The SMILES string of the molecule is CC(c1ccc2cc([S+](C)[O-])ccc2n1)C(O)(Cc1nc[nH]n1)c1ccc(Cl)cc1Cl. The summed E-state index contributed by atoms with van der Waals surface area (Å²) in [5.74, 6) is 0.00489. The zero-order valence-electron chi connectivity index (χ0n) is 16.8. The number of rotatable bonds is 6. The lowest BCUT2D eigenvalue weighted by Crippen LogP contribution is -2.36. The maximum Gasteiger partial charge on any atom is 0.153 e. The minimum atomic E-state index is -1.44. The number of aliphatic hydroxyl groups is 1. The molecule has 0 spiro atoms. The van der Waals surface area contributed by atoms with Crippen molar-refractivity contribution in [1.82, 2.24) is 20.2 Å². The monoisotopic (exact) mass is 474 g/mol. The Balaban J connectivity index is 1.79. The zero-order valence-corrected chi connectivity index (χ0v) is 19.2. The third-order valence-electron chi connectivity index (χ3n) is 5.46. The molecule has 2 heterocycles. The van der Waals surface area contributed by atoms with Crippen LogP contribution >= 0.6 is 23.2 Å².